The molecular formula is C33H31N5O5. The summed E-state index contributed by atoms with van der Waals surface area (Å²) in [7, 11) is 0. The van der Waals surface area contributed by atoms with Crippen molar-refractivity contribution in [3.05, 3.63) is 123 Å². The number of aromatic nitrogens is 5. The first-order chi connectivity index (χ1) is 20.9. The average Bonchev–Trinajstić information content (AvgIpc) is 3.68. The van der Waals surface area contributed by atoms with Crippen molar-refractivity contribution in [2.45, 2.75) is 39.2 Å². The summed E-state index contributed by atoms with van der Waals surface area (Å²) in [6.45, 7) is 3.94. The van der Waals surface area contributed by atoms with Crippen molar-refractivity contribution in [2.24, 2.45) is 0 Å². The molecule has 0 bridgehead atoms. The Kier molecular flexibility index (Phi) is 7.76. The van der Waals surface area contributed by atoms with Crippen molar-refractivity contribution in [3.63, 3.8) is 0 Å². The molecule has 0 saturated heterocycles. The van der Waals surface area contributed by atoms with Crippen LogP contribution in [0.3, 0.4) is 0 Å². The second-order valence-electron chi connectivity index (χ2n) is 10.4. The maximum Gasteiger partial charge on any atom is 0.439 e. The minimum absolute atomic E-state index is 0.0986. The summed E-state index contributed by atoms with van der Waals surface area (Å²) >= 11 is 0. The fourth-order valence-corrected chi connectivity index (χ4v) is 5.29. The number of hydrogen-bond donors (Lipinski definition) is 2. The van der Waals surface area contributed by atoms with E-state index in [1.165, 1.54) is 0 Å². The number of H-pyrrole nitrogens is 1. The van der Waals surface area contributed by atoms with E-state index in [9.17, 15) is 14.7 Å². The highest BCUT2D eigenvalue weighted by atomic mass is 16.5. The maximum absolute atomic E-state index is 14.2. The summed E-state index contributed by atoms with van der Waals surface area (Å²) in [5.41, 5.74) is 6.42. The Bertz CT molecular complexity index is 1980. The number of ether oxygens (including phenoxy) is 1. The van der Waals surface area contributed by atoms with Crippen LogP contribution in [0.4, 0.5) is 0 Å². The quantitative estimate of drug-likeness (QED) is 0.239. The standard InChI is InChI=1S/C33H31N5O5/c1-3-6-29-28(19-22-9-11-23(12-10-22)26-7-4-5-8-27(26)31-35-33(41)43-36-31)32(40)37(30-17-18-34-38(29)30)24-13-15-25(16-14-24)42-20-21(2)39/h4-5,7-18,21,39H,3,6,19-20H2,1-2H3,(H,35,36,41). The third-order valence-electron chi connectivity index (χ3n) is 7.26. The zero-order valence-corrected chi connectivity index (χ0v) is 23.9. The molecule has 1 atom stereocenters. The van der Waals surface area contributed by atoms with Crippen LogP contribution < -0.4 is 16.1 Å². The van der Waals surface area contributed by atoms with Crippen molar-refractivity contribution >= 4 is 5.65 Å². The van der Waals surface area contributed by atoms with Gasteiger partial charge in [0, 0.05) is 23.6 Å². The van der Waals surface area contributed by atoms with Crippen molar-refractivity contribution in [2.75, 3.05) is 6.61 Å². The van der Waals surface area contributed by atoms with Gasteiger partial charge in [0.25, 0.3) is 5.56 Å². The molecule has 10 heteroatoms. The summed E-state index contributed by atoms with van der Waals surface area (Å²) in [5.74, 6) is 0.370. The van der Waals surface area contributed by atoms with E-state index < -0.39 is 11.9 Å². The second kappa shape index (κ2) is 11.9. The molecule has 2 N–H and O–H groups in total. The largest absolute Gasteiger partial charge is 0.491 e. The number of rotatable bonds is 10. The molecule has 6 rings (SSSR count). The molecule has 0 aliphatic carbocycles. The van der Waals surface area contributed by atoms with E-state index in [4.69, 9.17) is 9.26 Å². The van der Waals surface area contributed by atoms with Gasteiger partial charge < -0.3 is 9.84 Å². The number of aliphatic hydroxyl groups excluding tert-OH is 1. The number of aryl methyl sites for hydroxylation is 1. The molecular weight excluding hydrogens is 546 g/mol. The van der Waals surface area contributed by atoms with Crippen LogP contribution in [0.1, 0.15) is 37.1 Å². The Morgan fingerprint density at radius 2 is 1.72 bits per heavy atom. The van der Waals surface area contributed by atoms with E-state index in [0.717, 1.165) is 34.4 Å². The first-order valence-corrected chi connectivity index (χ1v) is 14.2. The molecule has 10 nitrogen and oxygen atoms in total. The van der Waals surface area contributed by atoms with Gasteiger partial charge in [-0.1, -0.05) is 67.0 Å². The van der Waals surface area contributed by atoms with Gasteiger partial charge in [-0.25, -0.2) is 9.31 Å². The van der Waals surface area contributed by atoms with Crippen LogP contribution >= 0.6 is 0 Å². The van der Waals surface area contributed by atoms with Crippen LogP contribution in [0.2, 0.25) is 0 Å². The van der Waals surface area contributed by atoms with Gasteiger partial charge in [-0.2, -0.15) is 5.10 Å². The average molecular weight is 578 g/mol. The number of benzene rings is 3. The summed E-state index contributed by atoms with van der Waals surface area (Å²) in [6, 6.07) is 24.8. The van der Waals surface area contributed by atoms with Gasteiger partial charge in [-0.15, -0.1) is 0 Å². The smallest absolute Gasteiger partial charge is 0.439 e. The first-order valence-electron chi connectivity index (χ1n) is 14.2. The maximum atomic E-state index is 14.2. The number of nitrogens with zero attached hydrogens (tertiary/aromatic N) is 4. The summed E-state index contributed by atoms with van der Waals surface area (Å²) in [6.07, 6.45) is 3.13. The van der Waals surface area contributed by atoms with Gasteiger partial charge >= 0.3 is 5.76 Å². The lowest BCUT2D eigenvalue weighted by Crippen LogP contribution is -2.28. The monoisotopic (exact) mass is 577 g/mol. The van der Waals surface area contributed by atoms with Crippen molar-refractivity contribution < 1.29 is 14.4 Å². The molecule has 0 spiro atoms. The van der Waals surface area contributed by atoms with E-state index >= 15 is 0 Å². The molecule has 0 fully saturated rings. The molecule has 0 aliphatic heterocycles. The Morgan fingerprint density at radius 1 is 0.977 bits per heavy atom. The topological polar surface area (TPSA) is 128 Å². The molecule has 0 radical (unpaired) electrons. The van der Waals surface area contributed by atoms with E-state index in [1.54, 1.807) is 29.8 Å². The van der Waals surface area contributed by atoms with Crippen LogP contribution in [0.25, 0.3) is 33.8 Å². The Hall–Kier alpha value is -5.22. The second-order valence-corrected chi connectivity index (χ2v) is 10.4. The van der Waals surface area contributed by atoms with Crippen LogP contribution in [0.15, 0.2) is 99.2 Å². The minimum atomic E-state index is -0.608. The highest BCUT2D eigenvalue weighted by Gasteiger charge is 2.19. The van der Waals surface area contributed by atoms with Crippen molar-refractivity contribution in [1.29, 1.82) is 0 Å². The van der Waals surface area contributed by atoms with E-state index in [0.29, 0.717) is 41.3 Å². The van der Waals surface area contributed by atoms with Crippen LogP contribution in [0, 0.1) is 0 Å². The molecule has 1 unspecified atom stereocenters. The van der Waals surface area contributed by atoms with E-state index in [2.05, 4.69) is 22.2 Å². The summed E-state index contributed by atoms with van der Waals surface area (Å²) in [5, 5.41) is 18.0. The van der Waals surface area contributed by atoms with Crippen molar-refractivity contribution in [1.82, 2.24) is 24.3 Å². The first kappa shape index (κ1) is 27.9. The lowest BCUT2D eigenvalue weighted by molar-refractivity contribution is 0.123. The predicted octanol–water partition coefficient (Wildman–Crippen LogP) is 4.80. The van der Waals surface area contributed by atoms with Gasteiger partial charge in [-0.3, -0.25) is 18.9 Å². The lowest BCUT2D eigenvalue weighted by Gasteiger charge is -2.17. The minimum Gasteiger partial charge on any atom is -0.491 e. The number of aliphatic hydroxyl groups is 1. The third kappa shape index (κ3) is 5.64. The zero-order valence-electron chi connectivity index (χ0n) is 23.9. The molecule has 0 aliphatic rings. The highest BCUT2D eigenvalue weighted by Crippen LogP contribution is 2.30. The van der Waals surface area contributed by atoms with Crippen LogP contribution in [-0.4, -0.2) is 42.1 Å². The van der Waals surface area contributed by atoms with Gasteiger partial charge in [0.1, 0.15) is 18.0 Å². The normalized spacial score (nSPS) is 12.1. The van der Waals surface area contributed by atoms with Crippen LogP contribution in [0.5, 0.6) is 5.75 Å². The molecule has 0 saturated carbocycles. The third-order valence-corrected chi connectivity index (χ3v) is 7.26. The molecule has 3 aromatic heterocycles. The number of fused-ring (bicyclic) bond motifs is 1. The van der Waals surface area contributed by atoms with Crippen LogP contribution in [-0.2, 0) is 12.8 Å². The zero-order chi connectivity index (χ0) is 29.9. The SMILES string of the molecule is CCCc1c(Cc2ccc(-c3ccccc3-c3noc(=O)[nH]3)cc2)c(=O)n(-c2ccc(OCC(C)O)cc2)c2ccnn12. The number of hydrogen-bond acceptors (Lipinski definition) is 7. The molecule has 6 aromatic rings. The van der Waals surface area contributed by atoms with Crippen molar-refractivity contribution in [3.8, 4) is 34.0 Å². The van der Waals surface area contributed by atoms with Gasteiger partial charge in [0.2, 0.25) is 0 Å². The van der Waals surface area contributed by atoms with Gasteiger partial charge in [0.15, 0.2) is 5.82 Å². The highest BCUT2D eigenvalue weighted by molar-refractivity contribution is 5.80. The summed E-state index contributed by atoms with van der Waals surface area (Å²) < 4.78 is 13.9. The fourth-order valence-electron chi connectivity index (χ4n) is 5.29. The number of aromatic amines is 1. The fraction of sp³-hybridized carbons (Fsp3) is 0.212. The molecule has 218 valence electrons. The molecule has 0 amide bonds. The van der Waals surface area contributed by atoms with E-state index in [1.807, 2.05) is 71.2 Å². The Labute approximate surface area is 246 Å². The molecule has 43 heavy (non-hydrogen) atoms. The van der Waals surface area contributed by atoms with Gasteiger partial charge in [-0.05, 0) is 54.3 Å². The Morgan fingerprint density at radius 3 is 2.40 bits per heavy atom. The Balaban J connectivity index is 1.37. The number of nitrogens with one attached hydrogen (secondary N) is 1. The molecule has 3 heterocycles. The summed E-state index contributed by atoms with van der Waals surface area (Å²) in [4.78, 5) is 28.3. The lowest BCUT2D eigenvalue weighted by atomic mass is 9.96. The molecule has 3 aromatic carbocycles. The van der Waals surface area contributed by atoms with E-state index in [-0.39, 0.29) is 12.2 Å². The predicted molar refractivity (Wildman–Crippen MR) is 163 cm³/mol. The van der Waals surface area contributed by atoms with Gasteiger partial charge in [0.05, 0.1) is 23.7 Å².